The molecule has 0 fully saturated rings. The van der Waals surface area contributed by atoms with E-state index >= 15 is 0 Å². The van der Waals surface area contributed by atoms with Crippen LogP contribution in [0.3, 0.4) is 0 Å². The van der Waals surface area contributed by atoms with Crippen LogP contribution in [0.5, 0.6) is 0 Å². The third-order valence-corrected chi connectivity index (χ3v) is 2.57. The molecular formula is C13H18ClNO. The van der Waals surface area contributed by atoms with E-state index in [2.05, 4.69) is 4.90 Å². The van der Waals surface area contributed by atoms with Gasteiger partial charge in [-0.3, -0.25) is 0 Å². The Morgan fingerprint density at radius 2 is 2.12 bits per heavy atom. The number of nitrogens with zero attached hydrogens (tertiary/aromatic N) is 1. The Kier molecular flexibility index (Phi) is 4.51. The van der Waals surface area contributed by atoms with Gasteiger partial charge in [0.1, 0.15) is 6.29 Å². The van der Waals surface area contributed by atoms with Crippen LogP contribution < -0.4 is 0 Å². The first-order valence-electron chi connectivity index (χ1n) is 5.32. The fourth-order valence-corrected chi connectivity index (χ4v) is 1.95. The molecule has 0 radical (unpaired) electrons. The van der Waals surface area contributed by atoms with E-state index in [1.54, 1.807) is 0 Å². The molecule has 0 aliphatic rings. The highest BCUT2D eigenvalue weighted by Gasteiger charge is 2.18. The van der Waals surface area contributed by atoms with Crippen molar-refractivity contribution in [1.29, 1.82) is 0 Å². The van der Waals surface area contributed by atoms with Gasteiger partial charge in [0.2, 0.25) is 0 Å². The number of halogens is 1. The average molecular weight is 240 g/mol. The van der Waals surface area contributed by atoms with Crippen LogP contribution in [0, 0.1) is 5.41 Å². The molecule has 1 rings (SSSR count). The maximum atomic E-state index is 10.8. The van der Waals surface area contributed by atoms with E-state index in [1.165, 1.54) is 0 Å². The number of benzene rings is 1. The monoisotopic (exact) mass is 239 g/mol. The average Bonchev–Trinajstić information content (AvgIpc) is 2.16. The summed E-state index contributed by atoms with van der Waals surface area (Å²) in [6.07, 6.45) is 1.00. The van der Waals surface area contributed by atoms with Crippen molar-refractivity contribution in [3.05, 3.63) is 34.9 Å². The normalized spacial score (nSPS) is 11.8. The summed E-state index contributed by atoms with van der Waals surface area (Å²) in [4.78, 5) is 12.9. The molecule has 0 saturated carbocycles. The molecule has 2 nitrogen and oxygen atoms in total. The van der Waals surface area contributed by atoms with Gasteiger partial charge in [-0.1, -0.05) is 37.6 Å². The van der Waals surface area contributed by atoms with Crippen LogP contribution in [-0.4, -0.2) is 24.8 Å². The summed E-state index contributed by atoms with van der Waals surface area (Å²) in [6.45, 7) is 5.42. The second-order valence-corrected chi connectivity index (χ2v) is 5.35. The molecule has 0 atom stereocenters. The number of aldehydes is 1. The van der Waals surface area contributed by atoms with Crippen LogP contribution in [0.1, 0.15) is 19.4 Å². The molecule has 0 amide bonds. The SMILES string of the molecule is CN(Cc1cccc(Cl)c1)CC(C)(C)C=O. The zero-order chi connectivity index (χ0) is 12.2. The topological polar surface area (TPSA) is 20.3 Å². The molecule has 1 aromatic carbocycles. The maximum absolute atomic E-state index is 10.8. The second kappa shape index (κ2) is 5.46. The molecule has 0 aliphatic carbocycles. The third kappa shape index (κ3) is 4.33. The Hall–Kier alpha value is -0.860. The molecular weight excluding hydrogens is 222 g/mol. The van der Waals surface area contributed by atoms with Gasteiger partial charge in [0, 0.05) is 23.5 Å². The highest BCUT2D eigenvalue weighted by Crippen LogP contribution is 2.16. The number of rotatable bonds is 5. The summed E-state index contributed by atoms with van der Waals surface area (Å²) in [7, 11) is 2.01. The molecule has 0 N–H and O–H groups in total. The fourth-order valence-electron chi connectivity index (χ4n) is 1.74. The number of hydrogen-bond acceptors (Lipinski definition) is 2. The third-order valence-electron chi connectivity index (χ3n) is 2.34. The van der Waals surface area contributed by atoms with Gasteiger partial charge in [-0.25, -0.2) is 0 Å². The quantitative estimate of drug-likeness (QED) is 0.737. The Morgan fingerprint density at radius 3 is 2.69 bits per heavy atom. The van der Waals surface area contributed by atoms with Crippen LogP contribution in [0.2, 0.25) is 5.02 Å². The lowest BCUT2D eigenvalue weighted by atomic mass is 9.95. The standard InChI is InChI=1S/C13H18ClNO/c1-13(2,10-16)9-15(3)8-11-5-4-6-12(14)7-11/h4-7,10H,8-9H2,1-3H3. The first kappa shape index (κ1) is 13.2. The first-order valence-corrected chi connectivity index (χ1v) is 5.70. The molecule has 0 aromatic heterocycles. The second-order valence-electron chi connectivity index (χ2n) is 4.91. The van der Waals surface area contributed by atoms with Crippen molar-refractivity contribution >= 4 is 17.9 Å². The molecule has 0 bridgehead atoms. The lowest BCUT2D eigenvalue weighted by molar-refractivity contribution is -0.115. The fraction of sp³-hybridized carbons (Fsp3) is 0.462. The Morgan fingerprint density at radius 1 is 1.44 bits per heavy atom. The molecule has 16 heavy (non-hydrogen) atoms. The summed E-state index contributed by atoms with van der Waals surface area (Å²) in [6, 6.07) is 7.79. The van der Waals surface area contributed by atoms with Gasteiger partial charge in [0.25, 0.3) is 0 Å². The first-order chi connectivity index (χ1) is 7.43. The number of carbonyl (C=O) groups is 1. The van der Waals surface area contributed by atoms with Crippen molar-refractivity contribution in [2.45, 2.75) is 20.4 Å². The summed E-state index contributed by atoms with van der Waals surface area (Å²) in [5.41, 5.74) is 0.865. The predicted molar refractivity (Wildman–Crippen MR) is 67.6 cm³/mol. The van der Waals surface area contributed by atoms with E-state index < -0.39 is 0 Å². The van der Waals surface area contributed by atoms with Crippen molar-refractivity contribution in [2.24, 2.45) is 5.41 Å². The van der Waals surface area contributed by atoms with Crippen molar-refractivity contribution in [2.75, 3.05) is 13.6 Å². The summed E-state index contributed by atoms with van der Waals surface area (Å²) in [5, 5.41) is 0.751. The lowest BCUT2D eigenvalue weighted by Crippen LogP contribution is -2.32. The van der Waals surface area contributed by atoms with Crippen molar-refractivity contribution < 1.29 is 4.79 Å². The van der Waals surface area contributed by atoms with Gasteiger partial charge in [0.15, 0.2) is 0 Å². The van der Waals surface area contributed by atoms with Gasteiger partial charge < -0.3 is 9.69 Å². The van der Waals surface area contributed by atoms with Crippen LogP contribution in [0.15, 0.2) is 24.3 Å². The van der Waals surface area contributed by atoms with Crippen molar-refractivity contribution in [3.8, 4) is 0 Å². The number of hydrogen-bond donors (Lipinski definition) is 0. The molecule has 88 valence electrons. The van der Waals surface area contributed by atoms with Gasteiger partial charge >= 0.3 is 0 Å². The van der Waals surface area contributed by atoms with Gasteiger partial charge in [-0.15, -0.1) is 0 Å². The molecule has 1 aromatic rings. The molecule has 0 unspecified atom stereocenters. The zero-order valence-electron chi connectivity index (χ0n) is 10.0. The van der Waals surface area contributed by atoms with E-state index in [9.17, 15) is 4.79 Å². The summed E-state index contributed by atoms with van der Waals surface area (Å²) >= 11 is 5.91. The maximum Gasteiger partial charge on any atom is 0.126 e. The Bertz CT molecular complexity index is 363. The Labute approximate surface area is 102 Å². The minimum Gasteiger partial charge on any atom is -0.303 e. The molecule has 3 heteroatoms. The summed E-state index contributed by atoms with van der Waals surface area (Å²) in [5.74, 6) is 0. The Balaban J connectivity index is 2.58. The van der Waals surface area contributed by atoms with Crippen LogP contribution in [0.25, 0.3) is 0 Å². The van der Waals surface area contributed by atoms with Gasteiger partial charge in [-0.2, -0.15) is 0 Å². The van der Waals surface area contributed by atoms with E-state index in [-0.39, 0.29) is 5.41 Å². The van der Waals surface area contributed by atoms with E-state index in [1.807, 2.05) is 45.2 Å². The minimum absolute atomic E-state index is 0.298. The largest absolute Gasteiger partial charge is 0.303 e. The molecule has 0 aliphatic heterocycles. The lowest BCUT2D eigenvalue weighted by Gasteiger charge is -2.25. The number of carbonyl (C=O) groups excluding carboxylic acids is 1. The van der Waals surface area contributed by atoms with Gasteiger partial charge in [-0.05, 0) is 24.7 Å². The molecule has 0 saturated heterocycles. The smallest absolute Gasteiger partial charge is 0.126 e. The molecule has 0 heterocycles. The van der Waals surface area contributed by atoms with Crippen molar-refractivity contribution in [3.63, 3.8) is 0 Å². The minimum atomic E-state index is -0.298. The predicted octanol–water partition coefficient (Wildman–Crippen LogP) is 3.00. The zero-order valence-corrected chi connectivity index (χ0v) is 10.8. The highest BCUT2D eigenvalue weighted by molar-refractivity contribution is 6.30. The van der Waals surface area contributed by atoms with Crippen LogP contribution in [-0.2, 0) is 11.3 Å². The van der Waals surface area contributed by atoms with E-state index in [0.717, 1.165) is 30.0 Å². The molecule has 0 spiro atoms. The van der Waals surface area contributed by atoms with Crippen LogP contribution in [0.4, 0.5) is 0 Å². The summed E-state index contributed by atoms with van der Waals surface area (Å²) < 4.78 is 0. The van der Waals surface area contributed by atoms with Crippen LogP contribution >= 0.6 is 11.6 Å². The van der Waals surface area contributed by atoms with E-state index in [4.69, 9.17) is 11.6 Å². The van der Waals surface area contributed by atoms with Gasteiger partial charge in [0.05, 0.1) is 0 Å². The van der Waals surface area contributed by atoms with E-state index in [0.29, 0.717) is 0 Å². The van der Waals surface area contributed by atoms with Crippen molar-refractivity contribution in [1.82, 2.24) is 4.90 Å². The highest BCUT2D eigenvalue weighted by atomic mass is 35.5.